The zero-order chi connectivity index (χ0) is 16.0. The van der Waals surface area contributed by atoms with Crippen LogP contribution in [0.1, 0.15) is 47.5 Å². The summed E-state index contributed by atoms with van der Waals surface area (Å²) in [6.07, 6.45) is 2.27. The molecule has 2 unspecified atom stereocenters. The van der Waals surface area contributed by atoms with Crippen molar-refractivity contribution in [1.82, 2.24) is 0 Å². The average molecular weight is 285 g/mol. The molecule has 1 rings (SSSR count). The number of hydrogen-bond donors (Lipinski definition) is 1. The Hall–Kier alpha value is -1.50. The lowest BCUT2D eigenvalue weighted by atomic mass is 9.78. The number of rotatable bonds is 7. The summed E-state index contributed by atoms with van der Waals surface area (Å²) in [6, 6.07) is 10.2. The van der Waals surface area contributed by atoms with E-state index in [4.69, 9.17) is 0 Å². The zero-order valence-electron chi connectivity index (χ0n) is 14.4. The van der Waals surface area contributed by atoms with Crippen LogP contribution in [0.25, 0.3) is 0 Å². The van der Waals surface area contributed by atoms with Crippen molar-refractivity contribution >= 4 is 5.69 Å². The predicted octanol–water partition coefficient (Wildman–Crippen LogP) is 6.27. The molecule has 1 aromatic rings. The van der Waals surface area contributed by atoms with Crippen LogP contribution in [0.2, 0.25) is 0 Å². The Morgan fingerprint density at radius 1 is 1.14 bits per heavy atom. The summed E-state index contributed by atoms with van der Waals surface area (Å²) < 4.78 is 0. The van der Waals surface area contributed by atoms with Crippen LogP contribution >= 0.6 is 0 Å². The highest BCUT2D eigenvalue weighted by Crippen LogP contribution is 2.33. The van der Waals surface area contributed by atoms with Gasteiger partial charge in [0.25, 0.3) is 0 Å². The third kappa shape index (κ3) is 6.66. The molecule has 0 aromatic heterocycles. The van der Waals surface area contributed by atoms with E-state index in [2.05, 4.69) is 65.2 Å². The number of allylic oxidation sites excluding steroid dienone is 2. The maximum atomic E-state index is 4.22. The van der Waals surface area contributed by atoms with Gasteiger partial charge in [0.05, 0.1) is 0 Å². The topological polar surface area (TPSA) is 12.0 Å². The number of nitrogens with one attached hydrogen (secondary N) is 1. The van der Waals surface area contributed by atoms with Crippen molar-refractivity contribution in [3.8, 4) is 0 Å². The smallest absolute Gasteiger partial charge is 0.0381 e. The summed E-state index contributed by atoms with van der Waals surface area (Å²) >= 11 is 0. The molecular formula is C20H31N. The van der Waals surface area contributed by atoms with Gasteiger partial charge in [-0.1, -0.05) is 64.6 Å². The first-order chi connectivity index (χ1) is 9.69. The predicted molar refractivity (Wildman–Crippen MR) is 95.4 cm³/mol. The van der Waals surface area contributed by atoms with Crippen LogP contribution in [-0.2, 0) is 0 Å². The van der Waals surface area contributed by atoms with Crippen molar-refractivity contribution in [3.05, 3.63) is 54.8 Å². The number of hydrogen-bond acceptors (Lipinski definition) is 1. The van der Waals surface area contributed by atoms with E-state index < -0.39 is 0 Å². The molecule has 2 atom stereocenters. The second-order valence-corrected chi connectivity index (χ2v) is 7.46. The molecule has 116 valence electrons. The Bertz CT molecular complexity index is 464. The van der Waals surface area contributed by atoms with Gasteiger partial charge in [-0.2, -0.15) is 0 Å². The SMILES string of the molecule is C=C(Nc1ccccc1)C(C)CC(CC(C)(C)C)C(=C)C. The van der Waals surface area contributed by atoms with E-state index in [1.807, 2.05) is 18.2 Å². The summed E-state index contributed by atoms with van der Waals surface area (Å²) in [7, 11) is 0. The molecule has 21 heavy (non-hydrogen) atoms. The van der Waals surface area contributed by atoms with Gasteiger partial charge >= 0.3 is 0 Å². The molecule has 0 amide bonds. The molecule has 0 aliphatic carbocycles. The third-order valence-corrected chi connectivity index (χ3v) is 3.87. The molecular weight excluding hydrogens is 254 g/mol. The van der Waals surface area contributed by atoms with Gasteiger partial charge in [-0.15, -0.1) is 0 Å². The molecule has 0 heterocycles. The molecule has 0 fully saturated rings. The van der Waals surface area contributed by atoms with Gasteiger partial charge in [0.1, 0.15) is 0 Å². The maximum absolute atomic E-state index is 4.22. The molecule has 1 N–H and O–H groups in total. The first-order valence-corrected chi connectivity index (χ1v) is 7.85. The third-order valence-electron chi connectivity index (χ3n) is 3.87. The van der Waals surface area contributed by atoms with Crippen LogP contribution < -0.4 is 5.32 Å². The van der Waals surface area contributed by atoms with Gasteiger partial charge < -0.3 is 5.32 Å². The molecule has 0 aliphatic rings. The number of para-hydroxylation sites is 1. The van der Waals surface area contributed by atoms with Crippen molar-refractivity contribution in [1.29, 1.82) is 0 Å². The van der Waals surface area contributed by atoms with Crippen LogP contribution in [0.15, 0.2) is 54.8 Å². The van der Waals surface area contributed by atoms with Gasteiger partial charge in [-0.3, -0.25) is 0 Å². The van der Waals surface area contributed by atoms with E-state index in [0.29, 0.717) is 17.3 Å². The van der Waals surface area contributed by atoms with E-state index in [9.17, 15) is 0 Å². The van der Waals surface area contributed by atoms with Gasteiger partial charge in [-0.25, -0.2) is 0 Å². The van der Waals surface area contributed by atoms with Gasteiger partial charge in [0, 0.05) is 11.4 Å². The summed E-state index contributed by atoms with van der Waals surface area (Å²) in [5.41, 5.74) is 3.81. The molecule has 0 aliphatic heterocycles. The Labute approximate surface area is 131 Å². The molecule has 1 nitrogen and oxygen atoms in total. The fourth-order valence-corrected chi connectivity index (χ4v) is 2.60. The standard InChI is InChI=1S/C20H31N/c1-15(2)18(14-20(5,6)7)13-16(3)17(4)21-19-11-9-8-10-12-19/h8-12,16,18,21H,1,4,13-14H2,2-3,5-7H3. The van der Waals surface area contributed by atoms with Gasteiger partial charge in [0.15, 0.2) is 0 Å². The Morgan fingerprint density at radius 2 is 1.71 bits per heavy atom. The van der Waals surface area contributed by atoms with Crippen molar-refractivity contribution in [2.75, 3.05) is 5.32 Å². The highest BCUT2D eigenvalue weighted by Gasteiger charge is 2.22. The second kappa shape index (κ2) is 7.49. The minimum Gasteiger partial charge on any atom is -0.359 e. The monoisotopic (exact) mass is 285 g/mol. The van der Waals surface area contributed by atoms with Crippen molar-refractivity contribution in [2.45, 2.75) is 47.5 Å². The highest BCUT2D eigenvalue weighted by molar-refractivity contribution is 5.47. The minimum atomic E-state index is 0.331. The van der Waals surface area contributed by atoms with Crippen LogP contribution in [0, 0.1) is 17.3 Å². The molecule has 0 saturated heterocycles. The number of benzene rings is 1. The van der Waals surface area contributed by atoms with Crippen molar-refractivity contribution in [2.24, 2.45) is 17.3 Å². The van der Waals surface area contributed by atoms with E-state index in [-0.39, 0.29) is 0 Å². The lowest BCUT2D eigenvalue weighted by molar-refractivity contribution is 0.293. The van der Waals surface area contributed by atoms with E-state index in [0.717, 1.165) is 17.8 Å². The summed E-state index contributed by atoms with van der Waals surface area (Å²) in [6.45, 7) is 19.7. The molecule has 0 bridgehead atoms. The molecule has 1 aromatic carbocycles. The quantitative estimate of drug-likeness (QED) is 0.582. The summed E-state index contributed by atoms with van der Waals surface area (Å²) in [4.78, 5) is 0. The van der Waals surface area contributed by atoms with E-state index in [1.165, 1.54) is 12.0 Å². The molecule has 0 spiro atoms. The van der Waals surface area contributed by atoms with Crippen molar-refractivity contribution < 1.29 is 0 Å². The minimum absolute atomic E-state index is 0.331. The first-order valence-electron chi connectivity index (χ1n) is 7.85. The Balaban J connectivity index is 2.62. The molecule has 0 saturated carbocycles. The molecule has 1 heteroatoms. The average Bonchev–Trinajstić information content (AvgIpc) is 2.37. The van der Waals surface area contributed by atoms with Crippen molar-refractivity contribution in [3.63, 3.8) is 0 Å². The fraction of sp³-hybridized carbons (Fsp3) is 0.500. The molecule has 0 radical (unpaired) electrons. The Kier molecular flexibility index (Phi) is 6.26. The normalized spacial score (nSPS) is 14.3. The lowest BCUT2D eigenvalue weighted by Gasteiger charge is -2.29. The van der Waals surface area contributed by atoms with Gasteiger partial charge in [-0.05, 0) is 49.1 Å². The largest absolute Gasteiger partial charge is 0.359 e. The van der Waals surface area contributed by atoms with E-state index in [1.54, 1.807) is 0 Å². The van der Waals surface area contributed by atoms with E-state index >= 15 is 0 Å². The maximum Gasteiger partial charge on any atom is 0.0381 e. The zero-order valence-corrected chi connectivity index (χ0v) is 14.4. The Morgan fingerprint density at radius 3 is 2.19 bits per heavy atom. The van der Waals surface area contributed by atoms with Crippen LogP contribution in [0.3, 0.4) is 0 Å². The fourth-order valence-electron chi connectivity index (χ4n) is 2.60. The first kappa shape index (κ1) is 17.6. The van der Waals surface area contributed by atoms with Crippen LogP contribution in [0.5, 0.6) is 0 Å². The lowest BCUT2D eigenvalue weighted by Crippen LogP contribution is -2.18. The summed E-state index contributed by atoms with van der Waals surface area (Å²) in [5.74, 6) is 0.976. The number of anilines is 1. The second-order valence-electron chi connectivity index (χ2n) is 7.46. The van der Waals surface area contributed by atoms with Crippen LogP contribution in [0.4, 0.5) is 5.69 Å². The highest BCUT2D eigenvalue weighted by atomic mass is 14.9. The van der Waals surface area contributed by atoms with Gasteiger partial charge in [0.2, 0.25) is 0 Å². The van der Waals surface area contributed by atoms with Crippen LogP contribution in [-0.4, -0.2) is 0 Å². The summed E-state index contributed by atoms with van der Waals surface area (Å²) in [5, 5.41) is 3.42.